The molecule has 0 atom stereocenters. The number of benzene rings is 2. The highest BCUT2D eigenvalue weighted by atomic mass is 35.5. The first kappa shape index (κ1) is 23.3. The number of nitrogens with zero attached hydrogens (tertiary/aromatic N) is 1. The van der Waals surface area contributed by atoms with Gasteiger partial charge in [0.15, 0.2) is 7.29 Å². The van der Waals surface area contributed by atoms with Crippen LogP contribution in [-0.2, 0) is 9.30 Å². The van der Waals surface area contributed by atoms with Crippen molar-refractivity contribution in [3.63, 3.8) is 0 Å². The monoisotopic (exact) mass is 464 g/mol. The lowest BCUT2D eigenvalue weighted by Crippen LogP contribution is -2.37. The fraction of sp³-hybridized carbons (Fsp3) is 0.304. The molecule has 1 saturated heterocycles. The van der Waals surface area contributed by atoms with Gasteiger partial charge in [0.05, 0.1) is 23.3 Å². The van der Waals surface area contributed by atoms with Gasteiger partial charge in [0.1, 0.15) is 0 Å². The van der Waals surface area contributed by atoms with E-state index in [-0.39, 0.29) is 0 Å². The number of ether oxygens (including phenoxy) is 1. The van der Waals surface area contributed by atoms with E-state index < -0.39 is 7.29 Å². The van der Waals surface area contributed by atoms with E-state index in [2.05, 4.69) is 9.99 Å². The molecule has 0 amide bonds. The van der Waals surface area contributed by atoms with Crippen LogP contribution in [0.4, 0.5) is 0 Å². The Hall–Kier alpha value is -1.39. The summed E-state index contributed by atoms with van der Waals surface area (Å²) in [6, 6.07) is 19.0. The van der Waals surface area contributed by atoms with Gasteiger partial charge in [-0.15, -0.1) is 0 Å². The molecule has 3 rings (SSSR count). The molecule has 1 aliphatic rings. The van der Waals surface area contributed by atoms with Gasteiger partial charge in [-0.2, -0.15) is 0 Å². The van der Waals surface area contributed by atoms with Crippen molar-refractivity contribution < 1.29 is 9.30 Å². The minimum Gasteiger partial charge on any atom is -0.379 e. The van der Waals surface area contributed by atoms with Crippen LogP contribution in [0.1, 0.15) is 17.5 Å². The second-order valence-electron chi connectivity index (χ2n) is 7.11. The van der Waals surface area contributed by atoms with Crippen molar-refractivity contribution in [1.29, 1.82) is 0 Å². The van der Waals surface area contributed by atoms with Crippen LogP contribution in [0.3, 0.4) is 0 Å². The fourth-order valence-electron chi connectivity index (χ4n) is 3.19. The molecular weight excluding hydrogens is 438 g/mol. The summed E-state index contributed by atoms with van der Waals surface area (Å²) in [4.78, 5) is 2.36. The Morgan fingerprint density at radius 3 is 1.93 bits per heavy atom. The molecule has 2 aromatic rings. The number of rotatable bonds is 9. The van der Waals surface area contributed by atoms with Crippen LogP contribution >= 0.6 is 30.5 Å². The standard InChI is InChI=1S/C23H27Cl2N2O2P/c24-22(20-8-3-1-4-9-20)18-30(28,19-23(25)21-10-5-2-6-11-21)26-12-7-13-27-14-16-29-17-15-27/h1-6,8-11,18-19H,7,12-17H2,(H,26,28)/b22-18-,23-19-. The van der Waals surface area contributed by atoms with E-state index in [0.29, 0.717) is 16.6 Å². The molecule has 1 N–H and O–H groups in total. The average Bonchev–Trinajstić information content (AvgIpc) is 2.78. The second-order valence-corrected chi connectivity index (χ2v) is 10.2. The summed E-state index contributed by atoms with van der Waals surface area (Å²) in [5.74, 6) is 3.20. The first-order valence-electron chi connectivity index (χ1n) is 10.1. The van der Waals surface area contributed by atoms with Gasteiger partial charge in [-0.05, 0) is 24.1 Å². The smallest absolute Gasteiger partial charge is 0.193 e. The van der Waals surface area contributed by atoms with Gasteiger partial charge < -0.3 is 4.74 Å². The van der Waals surface area contributed by atoms with Crippen molar-refractivity contribution in [2.24, 2.45) is 0 Å². The summed E-state index contributed by atoms with van der Waals surface area (Å²) in [5.41, 5.74) is 1.64. The maximum absolute atomic E-state index is 13.8. The van der Waals surface area contributed by atoms with Crippen LogP contribution < -0.4 is 5.09 Å². The molecule has 7 heteroatoms. The maximum Gasteiger partial charge on any atom is 0.193 e. The molecular formula is C23H27Cl2N2O2P. The third-order valence-electron chi connectivity index (χ3n) is 4.82. The Bertz CT molecular complexity index is 838. The highest BCUT2D eigenvalue weighted by Gasteiger charge is 2.19. The highest BCUT2D eigenvalue weighted by Crippen LogP contribution is 2.50. The van der Waals surface area contributed by atoms with Crippen LogP contribution in [-0.4, -0.2) is 44.3 Å². The predicted molar refractivity (Wildman–Crippen MR) is 128 cm³/mol. The molecule has 30 heavy (non-hydrogen) atoms. The molecule has 0 saturated carbocycles. The lowest BCUT2D eigenvalue weighted by Gasteiger charge is -2.26. The Labute approximate surface area is 188 Å². The van der Waals surface area contributed by atoms with Crippen molar-refractivity contribution in [2.45, 2.75) is 6.42 Å². The van der Waals surface area contributed by atoms with Gasteiger partial charge in [-0.25, -0.2) is 0 Å². The van der Waals surface area contributed by atoms with Gasteiger partial charge in [-0.3, -0.25) is 14.6 Å². The zero-order valence-corrected chi connectivity index (χ0v) is 19.3. The molecule has 0 unspecified atom stereocenters. The Kier molecular flexibility index (Phi) is 9.20. The van der Waals surface area contributed by atoms with Crippen molar-refractivity contribution in [1.82, 2.24) is 9.99 Å². The lowest BCUT2D eigenvalue weighted by molar-refractivity contribution is 0.0376. The van der Waals surface area contributed by atoms with Crippen molar-refractivity contribution in [3.8, 4) is 0 Å². The molecule has 2 aromatic carbocycles. The molecule has 1 fully saturated rings. The van der Waals surface area contributed by atoms with E-state index >= 15 is 0 Å². The molecule has 1 heterocycles. The largest absolute Gasteiger partial charge is 0.379 e. The SMILES string of the molecule is O=P(/C=C(\Cl)c1ccccc1)(/C=C(\Cl)c1ccccc1)NCCCN1CCOCC1. The average molecular weight is 465 g/mol. The minimum absolute atomic E-state index is 0.438. The highest BCUT2D eigenvalue weighted by molar-refractivity contribution is 7.68. The summed E-state index contributed by atoms with van der Waals surface area (Å²) in [5, 5.41) is 4.09. The number of hydrogen-bond acceptors (Lipinski definition) is 3. The number of halogens is 2. The van der Waals surface area contributed by atoms with Gasteiger partial charge in [0.25, 0.3) is 0 Å². The summed E-state index contributed by atoms with van der Waals surface area (Å²) in [6.45, 7) is 4.96. The molecule has 0 bridgehead atoms. The molecule has 0 spiro atoms. The molecule has 0 radical (unpaired) electrons. The summed E-state index contributed by atoms with van der Waals surface area (Å²) < 4.78 is 19.2. The third-order valence-corrected chi connectivity index (χ3v) is 7.78. The Morgan fingerprint density at radius 1 is 0.933 bits per heavy atom. The number of nitrogens with one attached hydrogen (secondary N) is 1. The van der Waals surface area contributed by atoms with E-state index in [1.165, 1.54) is 0 Å². The first-order chi connectivity index (χ1) is 14.6. The minimum atomic E-state index is -3.11. The van der Waals surface area contributed by atoms with Crippen LogP contribution in [0.5, 0.6) is 0 Å². The van der Waals surface area contributed by atoms with Crippen molar-refractivity contribution >= 4 is 40.6 Å². The van der Waals surface area contributed by atoms with Crippen LogP contribution in [0.25, 0.3) is 10.1 Å². The van der Waals surface area contributed by atoms with Gasteiger partial charge in [0, 0.05) is 31.3 Å². The normalized spacial score (nSPS) is 16.6. The van der Waals surface area contributed by atoms with Crippen LogP contribution in [0.15, 0.2) is 72.3 Å². The van der Waals surface area contributed by atoms with E-state index in [9.17, 15) is 4.57 Å². The lowest BCUT2D eigenvalue weighted by atomic mass is 10.2. The summed E-state index contributed by atoms with van der Waals surface area (Å²) in [6.07, 6.45) is 0.873. The van der Waals surface area contributed by atoms with Gasteiger partial charge >= 0.3 is 0 Å². The number of hydrogen-bond donors (Lipinski definition) is 1. The molecule has 0 aromatic heterocycles. The summed E-state index contributed by atoms with van der Waals surface area (Å²) in [7, 11) is -3.11. The van der Waals surface area contributed by atoms with Crippen LogP contribution in [0, 0.1) is 0 Å². The quantitative estimate of drug-likeness (QED) is 0.362. The van der Waals surface area contributed by atoms with E-state index in [4.69, 9.17) is 27.9 Å². The zero-order chi connectivity index (χ0) is 21.2. The zero-order valence-electron chi connectivity index (χ0n) is 16.8. The first-order valence-corrected chi connectivity index (χ1v) is 12.7. The molecule has 1 aliphatic heterocycles. The van der Waals surface area contributed by atoms with Crippen molar-refractivity contribution in [2.75, 3.05) is 39.4 Å². The van der Waals surface area contributed by atoms with E-state index in [0.717, 1.165) is 50.4 Å². The second kappa shape index (κ2) is 11.9. The molecule has 160 valence electrons. The third kappa shape index (κ3) is 7.39. The van der Waals surface area contributed by atoms with Crippen molar-refractivity contribution in [3.05, 3.63) is 83.4 Å². The Morgan fingerprint density at radius 2 is 1.43 bits per heavy atom. The topological polar surface area (TPSA) is 41.6 Å². The fourth-order valence-corrected chi connectivity index (χ4v) is 6.05. The van der Waals surface area contributed by atoms with E-state index in [1.807, 2.05) is 60.7 Å². The number of morpholine rings is 1. The summed E-state index contributed by atoms with van der Waals surface area (Å²) >= 11 is 13.0. The van der Waals surface area contributed by atoms with Gasteiger partial charge in [-0.1, -0.05) is 83.9 Å². The van der Waals surface area contributed by atoms with Crippen LogP contribution in [0.2, 0.25) is 0 Å². The van der Waals surface area contributed by atoms with E-state index in [1.54, 1.807) is 11.6 Å². The molecule has 4 nitrogen and oxygen atoms in total. The maximum atomic E-state index is 13.8. The predicted octanol–water partition coefficient (Wildman–Crippen LogP) is 6.05. The molecule has 0 aliphatic carbocycles. The van der Waals surface area contributed by atoms with Gasteiger partial charge in [0.2, 0.25) is 0 Å². The Balaban J connectivity index is 1.74.